The fourth-order valence-corrected chi connectivity index (χ4v) is 7.29. The fourth-order valence-electron chi connectivity index (χ4n) is 4.74. The molecule has 11 nitrogen and oxygen atoms in total. The molecule has 0 bridgehead atoms. The van der Waals surface area contributed by atoms with Gasteiger partial charge in [0.25, 0.3) is 11.6 Å². The first kappa shape index (κ1) is 28.3. The molecule has 212 valence electrons. The number of ketones is 1. The van der Waals surface area contributed by atoms with E-state index in [0.29, 0.717) is 16.9 Å². The molecule has 0 saturated carbocycles. The molecule has 0 radical (unpaired) electrons. The van der Waals surface area contributed by atoms with Crippen molar-refractivity contribution in [3.05, 3.63) is 100 Å². The van der Waals surface area contributed by atoms with E-state index in [9.17, 15) is 33.2 Å². The maximum Gasteiger partial charge on any atom is 0.297 e. The number of anilines is 1. The van der Waals surface area contributed by atoms with Gasteiger partial charge in [-0.05, 0) is 40.8 Å². The lowest BCUT2D eigenvalue weighted by atomic mass is 9.83. The van der Waals surface area contributed by atoms with Crippen LogP contribution in [-0.4, -0.2) is 35.1 Å². The van der Waals surface area contributed by atoms with Crippen molar-refractivity contribution >= 4 is 43.7 Å². The molecule has 1 aliphatic rings. The molecule has 3 atom stereocenters. The highest BCUT2D eigenvalue weighted by molar-refractivity contribution is 7.93. The van der Waals surface area contributed by atoms with Gasteiger partial charge in [0.1, 0.15) is 16.1 Å². The number of aromatic nitrogens is 1. The van der Waals surface area contributed by atoms with Crippen LogP contribution in [0.3, 0.4) is 0 Å². The lowest BCUT2D eigenvalue weighted by molar-refractivity contribution is -0.384. The molecule has 1 saturated heterocycles. The number of nitro groups is 1. The quantitative estimate of drug-likeness (QED) is 0.180. The molecule has 13 heteroatoms. The largest absolute Gasteiger partial charge is 0.467 e. The molecular formula is C28H25N3O8S2. The number of benzene rings is 2. The first-order valence-corrected chi connectivity index (χ1v) is 14.8. The van der Waals surface area contributed by atoms with Crippen LogP contribution in [0.25, 0.3) is 0 Å². The lowest BCUT2D eigenvalue weighted by Crippen LogP contribution is -2.30. The van der Waals surface area contributed by atoms with E-state index in [1.165, 1.54) is 12.3 Å². The van der Waals surface area contributed by atoms with Crippen molar-refractivity contribution in [2.75, 3.05) is 4.90 Å². The second-order valence-corrected chi connectivity index (χ2v) is 13.7. The van der Waals surface area contributed by atoms with Crippen LogP contribution in [0.15, 0.2) is 86.6 Å². The smallest absolute Gasteiger partial charge is 0.297 e. The van der Waals surface area contributed by atoms with Gasteiger partial charge in [-0.3, -0.25) is 24.6 Å². The van der Waals surface area contributed by atoms with Gasteiger partial charge in [-0.2, -0.15) is 0 Å². The highest BCUT2D eigenvalue weighted by Crippen LogP contribution is 2.47. The topological polar surface area (TPSA) is 161 Å². The van der Waals surface area contributed by atoms with Gasteiger partial charge >= 0.3 is 0 Å². The summed E-state index contributed by atoms with van der Waals surface area (Å²) >= 11 is 0.680. The Hall–Kier alpha value is -4.20. The number of hydrogen-bond donors (Lipinski definition) is 1. The van der Waals surface area contributed by atoms with Crippen LogP contribution in [0.5, 0.6) is 0 Å². The highest BCUT2D eigenvalue weighted by Gasteiger charge is 2.53. The molecule has 0 unspecified atom stereocenters. The molecule has 1 N–H and O–H groups in total. The maximum atomic E-state index is 13.4. The molecule has 1 aliphatic heterocycles. The van der Waals surface area contributed by atoms with Crippen LogP contribution >= 0.6 is 11.3 Å². The monoisotopic (exact) mass is 595 g/mol. The summed E-state index contributed by atoms with van der Waals surface area (Å²) in [4.78, 5) is 42.2. The Morgan fingerprint density at radius 1 is 1.07 bits per heavy atom. The third kappa shape index (κ3) is 5.07. The number of carbonyl (C=O) groups excluding carboxylic acids is 2. The van der Waals surface area contributed by atoms with Crippen molar-refractivity contribution < 1.29 is 32.5 Å². The van der Waals surface area contributed by atoms with Gasteiger partial charge in [0.05, 0.1) is 34.2 Å². The van der Waals surface area contributed by atoms with Crippen LogP contribution in [0, 0.1) is 16.0 Å². The minimum absolute atomic E-state index is 0.0529. The van der Waals surface area contributed by atoms with Crippen molar-refractivity contribution in [3.63, 3.8) is 0 Å². The molecule has 1 fully saturated rings. The van der Waals surface area contributed by atoms with Crippen LogP contribution in [-0.2, 0) is 24.8 Å². The summed E-state index contributed by atoms with van der Waals surface area (Å²) < 4.78 is 31.7. The molecule has 1 amide bonds. The van der Waals surface area contributed by atoms with Gasteiger partial charge in [0.15, 0.2) is 5.13 Å². The van der Waals surface area contributed by atoms with Crippen molar-refractivity contribution in [1.82, 2.24) is 4.98 Å². The molecule has 2 aromatic heterocycles. The van der Waals surface area contributed by atoms with Gasteiger partial charge in [-0.1, -0.05) is 56.4 Å². The SMILES string of the molecule is CC(C)(C)c1ccc([C@H]2[C@H]([C@@H](O)c3ccco3)C(=O)C(=O)N2c2ncc(S(=O)(=O)c3ccc([N+](=O)[O-])cc3)s2)cc1. The molecule has 4 aromatic rings. The second-order valence-electron chi connectivity index (χ2n) is 10.6. The first-order valence-electron chi connectivity index (χ1n) is 12.5. The average molecular weight is 596 g/mol. The summed E-state index contributed by atoms with van der Waals surface area (Å²) in [5.74, 6) is -2.96. The van der Waals surface area contributed by atoms with Gasteiger partial charge < -0.3 is 9.52 Å². The molecule has 3 heterocycles. The van der Waals surface area contributed by atoms with E-state index in [4.69, 9.17) is 4.42 Å². The predicted octanol–water partition coefficient (Wildman–Crippen LogP) is 4.78. The summed E-state index contributed by atoms with van der Waals surface area (Å²) in [5, 5.41) is 22.1. The fraction of sp³-hybridized carbons (Fsp3) is 0.250. The Labute approximate surface area is 239 Å². The summed E-state index contributed by atoms with van der Waals surface area (Å²) in [6, 6.07) is 13.7. The van der Waals surface area contributed by atoms with E-state index in [1.807, 2.05) is 32.9 Å². The van der Waals surface area contributed by atoms with Crippen LogP contribution in [0.4, 0.5) is 10.8 Å². The van der Waals surface area contributed by atoms with E-state index >= 15 is 0 Å². The minimum Gasteiger partial charge on any atom is -0.467 e. The van der Waals surface area contributed by atoms with E-state index < -0.39 is 44.5 Å². The molecule has 0 aliphatic carbocycles. The van der Waals surface area contributed by atoms with Crippen LogP contribution in [0.1, 0.15) is 49.8 Å². The van der Waals surface area contributed by atoms with E-state index in [2.05, 4.69) is 4.98 Å². The number of Topliss-reactive ketones (excluding diaryl/α,β-unsaturated/α-hetero) is 1. The summed E-state index contributed by atoms with van der Waals surface area (Å²) in [6.07, 6.45) is 0.966. The Kier molecular flexibility index (Phi) is 7.14. The van der Waals surface area contributed by atoms with E-state index in [-0.39, 0.29) is 31.1 Å². The van der Waals surface area contributed by atoms with Crippen molar-refractivity contribution in [3.8, 4) is 0 Å². The lowest BCUT2D eigenvalue weighted by Gasteiger charge is -2.28. The Balaban J connectivity index is 1.57. The molecule has 41 heavy (non-hydrogen) atoms. The van der Waals surface area contributed by atoms with Crippen molar-refractivity contribution in [1.29, 1.82) is 0 Å². The Bertz CT molecular complexity index is 1720. The molecule has 5 rings (SSSR count). The Morgan fingerprint density at radius 2 is 1.73 bits per heavy atom. The number of rotatable bonds is 7. The third-order valence-electron chi connectivity index (χ3n) is 6.94. The normalized spacial score (nSPS) is 18.6. The predicted molar refractivity (Wildman–Crippen MR) is 148 cm³/mol. The number of thiazole rings is 1. The zero-order chi connectivity index (χ0) is 29.7. The van der Waals surface area contributed by atoms with Gasteiger partial charge in [0.2, 0.25) is 15.6 Å². The van der Waals surface area contributed by atoms with Gasteiger partial charge in [-0.25, -0.2) is 13.4 Å². The van der Waals surface area contributed by atoms with Crippen LogP contribution < -0.4 is 4.90 Å². The van der Waals surface area contributed by atoms with E-state index in [0.717, 1.165) is 40.9 Å². The number of nitrogens with zero attached hydrogens (tertiary/aromatic N) is 3. The summed E-state index contributed by atoms with van der Waals surface area (Å²) in [6.45, 7) is 6.13. The van der Waals surface area contributed by atoms with Gasteiger partial charge in [0, 0.05) is 12.1 Å². The molecule has 0 spiro atoms. The highest BCUT2D eigenvalue weighted by atomic mass is 32.2. The third-order valence-corrected chi connectivity index (χ3v) is 10.2. The zero-order valence-corrected chi connectivity index (χ0v) is 23.8. The minimum atomic E-state index is -4.14. The molecule has 2 aromatic carbocycles. The number of aliphatic hydroxyl groups excluding tert-OH is 1. The average Bonchev–Trinajstić information content (AvgIpc) is 3.69. The summed E-state index contributed by atoms with van der Waals surface area (Å²) in [5.41, 5.74) is 1.12. The van der Waals surface area contributed by atoms with Crippen LogP contribution in [0.2, 0.25) is 0 Å². The van der Waals surface area contributed by atoms with Gasteiger partial charge in [-0.15, -0.1) is 0 Å². The number of non-ortho nitro benzene ring substituents is 1. The number of aliphatic hydroxyl groups is 1. The number of hydrogen-bond acceptors (Lipinski definition) is 10. The number of sulfone groups is 1. The summed E-state index contributed by atoms with van der Waals surface area (Å²) in [7, 11) is -4.14. The maximum absolute atomic E-state index is 13.4. The second kappa shape index (κ2) is 10.3. The molecular weight excluding hydrogens is 570 g/mol. The number of carbonyl (C=O) groups is 2. The zero-order valence-electron chi connectivity index (χ0n) is 22.1. The van der Waals surface area contributed by atoms with E-state index in [1.54, 1.807) is 18.2 Å². The standard InChI is InChI=1S/C28H25N3O8S2/c1-28(2,3)17-8-6-16(7-9-17)23-22(24(32)20-5-4-14-39-20)25(33)26(34)30(23)27-29-15-21(40-27)41(37,38)19-12-10-18(11-13-19)31(35)36/h4-15,22-24,32H,1-3H3/t22-,23+,24+/m1/s1. The van der Waals surface area contributed by atoms with Crippen molar-refractivity contribution in [2.45, 2.75) is 47.4 Å². The van der Waals surface area contributed by atoms with Crippen molar-refractivity contribution in [2.24, 2.45) is 5.92 Å². The first-order chi connectivity index (χ1) is 19.3. The Morgan fingerprint density at radius 3 is 2.29 bits per heavy atom. The number of nitro benzene ring substituents is 1. The number of amides is 1. The number of furan rings is 1.